The molecule has 1 aromatic heterocycles. The minimum atomic E-state index is -0.358. The van der Waals surface area contributed by atoms with Gasteiger partial charge in [0.15, 0.2) is 0 Å². The van der Waals surface area contributed by atoms with E-state index in [4.69, 9.17) is 9.47 Å². The minimum absolute atomic E-state index is 0.113. The van der Waals surface area contributed by atoms with Crippen LogP contribution in [0.15, 0.2) is 33.3 Å². The lowest BCUT2D eigenvalue weighted by Gasteiger charge is -2.07. The van der Waals surface area contributed by atoms with Gasteiger partial charge in [0.05, 0.1) is 22.3 Å². The summed E-state index contributed by atoms with van der Waals surface area (Å²) in [6.45, 7) is 0. The van der Waals surface area contributed by atoms with Gasteiger partial charge in [0, 0.05) is 0 Å². The maximum atomic E-state index is 12.9. The largest absolute Gasteiger partial charge is 0.480 e. The van der Waals surface area contributed by atoms with Crippen molar-refractivity contribution < 1.29 is 13.9 Å². The molecule has 2 aromatic rings. The van der Waals surface area contributed by atoms with Crippen LogP contribution in [0.5, 0.6) is 17.6 Å². The number of hydrogen-bond donors (Lipinski definition) is 0. The fourth-order valence-electron chi connectivity index (χ4n) is 1.18. The fourth-order valence-corrected chi connectivity index (χ4v) is 1.97. The van der Waals surface area contributed by atoms with Gasteiger partial charge in [0.2, 0.25) is 5.88 Å². The van der Waals surface area contributed by atoms with Crippen LogP contribution in [-0.2, 0) is 0 Å². The standard InChI is InChI=1S/C11H7Br2FN2O2/c1-17-10-8(13)5-15-11(16-10)18-9-3-2-6(14)4-7(9)12/h2-5H,1H3. The Bertz CT molecular complexity index is 581. The number of halogens is 3. The van der Waals surface area contributed by atoms with Crippen molar-refractivity contribution in [3.8, 4) is 17.6 Å². The van der Waals surface area contributed by atoms with Crippen LogP contribution in [0, 0.1) is 5.82 Å². The van der Waals surface area contributed by atoms with E-state index in [0.717, 1.165) is 0 Å². The van der Waals surface area contributed by atoms with Gasteiger partial charge in [-0.2, -0.15) is 4.98 Å². The van der Waals surface area contributed by atoms with Crippen LogP contribution in [0.2, 0.25) is 0 Å². The van der Waals surface area contributed by atoms with Crippen molar-refractivity contribution in [1.82, 2.24) is 9.97 Å². The van der Waals surface area contributed by atoms with Gasteiger partial charge in [0.1, 0.15) is 11.6 Å². The zero-order chi connectivity index (χ0) is 13.1. The summed E-state index contributed by atoms with van der Waals surface area (Å²) in [6, 6.07) is 4.18. The molecule has 0 amide bonds. The van der Waals surface area contributed by atoms with Crippen molar-refractivity contribution in [1.29, 1.82) is 0 Å². The fraction of sp³-hybridized carbons (Fsp3) is 0.0909. The predicted molar refractivity (Wildman–Crippen MR) is 70.5 cm³/mol. The zero-order valence-electron chi connectivity index (χ0n) is 9.15. The Kier molecular flexibility index (Phi) is 4.13. The van der Waals surface area contributed by atoms with Crippen LogP contribution in [0.4, 0.5) is 4.39 Å². The van der Waals surface area contributed by atoms with Crippen LogP contribution in [-0.4, -0.2) is 17.1 Å². The lowest BCUT2D eigenvalue weighted by Crippen LogP contribution is -1.96. The number of aromatic nitrogens is 2. The molecule has 94 valence electrons. The summed E-state index contributed by atoms with van der Waals surface area (Å²) >= 11 is 6.43. The third-order valence-corrected chi connectivity index (χ3v) is 3.14. The Labute approximate surface area is 119 Å². The Balaban J connectivity index is 2.28. The number of ether oxygens (including phenoxy) is 2. The summed E-state index contributed by atoms with van der Waals surface area (Å²) in [5.41, 5.74) is 0. The molecule has 0 saturated heterocycles. The summed E-state index contributed by atoms with van der Waals surface area (Å²) in [7, 11) is 1.49. The second-order valence-corrected chi connectivity index (χ2v) is 4.90. The Morgan fingerprint density at radius 1 is 1.22 bits per heavy atom. The molecular formula is C11H7Br2FN2O2. The van der Waals surface area contributed by atoms with E-state index in [2.05, 4.69) is 41.8 Å². The van der Waals surface area contributed by atoms with Crippen LogP contribution >= 0.6 is 31.9 Å². The lowest BCUT2D eigenvalue weighted by atomic mass is 10.3. The Hall–Kier alpha value is -1.21. The molecule has 0 saturated carbocycles. The van der Waals surface area contributed by atoms with E-state index >= 15 is 0 Å². The van der Waals surface area contributed by atoms with Gasteiger partial charge in [-0.3, -0.25) is 0 Å². The quantitative estimate of drug-likeness (QED) is 0.812. The lowest BCUT2D eigenvalue weighted by molar-refractivity contribution is 0.373. The minimum Gasteiger partial charge on any atom is -0.480 e. The summed E-state index contributed by atoms with van der Waals surface area (Å²) in [4.78, 5) is 8.00. The number of hydrogen-bond acceptors (Lipinski definition) is 4. The van der Waals surface area contributed by atoms with E-state index in [1.165, 1.54) is 31.5 Å². The molecule has 0 aliphatic rings. The topological polar surface area (TPSA) is 44.2 Å². The molecule has 0 radical (unpaired) electrons. The summed E-state index contributed by atoms with van der Waals surface area (Å²) in [6.07, 6.45) is 1.51. The van der Waals surface area contributed by atoms with Crippen molar-refractivity contribution in [2.75, 3.05) is 7.11 Å². The van der Waals surface area contributed by atoms with Crippen LogP contribution in [0.3, 0.4) is 0 Å². The van der Waals surface area contributed by atoms with Gasteiger partial charge in [-0.05, 0) is 50.1 Å². The average Bonchev–Trinajstić information content (AvgIpc) is 2.35. The smallest absolute Gasteiger partial charge is 0.325 e. The van der Waals surface area contributed by atoms with Crippen molar-refractivity contribution >= 4 is 31.9 Å². The molecule has 7 heteroatoms. The van der Waals surface area contributed by atoms with Gasteiger partial charge in [-0.25, -0.2) is 9.37 Å². The molecule has 0 N–H and O–H groups in total. The highest BCUT2D eigenvalue weighted by atomic mass is 79.9. The maximum absolute atomic E-state index is 12.9. The first-order chi connectivity index (χ1) is 8.60. The molecule has 0 fully saturated rings. The molecule has 0 atom stereocenters. The van der Waals surface area contributed by atoms with Crippen molar-refractivity contribution in [3.05, 3.63) is 39.2 Å². The normalized spacial score (nSPS) is 10.2. The SMILES string of the molecule is COc1nc(Oc2ccc(F)cc2Br)ncc1Br. The van der Waals surface area contributed by atoms with Crippen molar-refractivity contribution in [2.24, 2.45) is 0 Å². The third-order valence-electron chi connectivity index (χ3n) is 1.98. The highest BCUT2D eigenvalue weighted by Gasteiger charge is 2.09. The highest BCUT2D eigenvalue weighted by Crippen LogP contribution is 2.30. The number of nitrogens with zero attached hydrogens (tertiary/aromatic N) is 2. The molecule has 1 aromatic carbocycles. The van der Waals surface area contributed by atoms with E-state index in [1.54, 1.807) is 0 Å². The maximum Gasteiger partial charge on any atom is 0.325 e. The molecule has 2 rings (SSSR count). The predicted octanol–water partition coefficient (Wildman–Crippen LogP) is 3.94. The van der Waals surface area contributed by atoms with E-state index in [9.17, 15) is 4.39 Å². The van der Waals surface area contributed by atoms with E-state index in [1.807, 2.05) is 0 Å². The van der Waals surface area contributed by atoms with Gasteiger partial charge < -0.3 is 9.47 Å². The second-order valence-electron chi connectivity index (χ2n) is 3.19. The molecule has 0 unspecified atom stereocenters. The van der Waals surface area contributed by atoms with Crippen LogP contribution < -0.4 is 9.47 Å². The molecule has 0 aliphatic carbocycles. The number of benzene rings is 1. The molecule has 0 aliphatic heterocycles. The molecule has 18 heavy (non-hydrogen) atoms. The van der Waals surface area contributed by atoms with Crippen molar-refractivity contribution in [2.45, 2.75) is 0 Å². The summed E-state index contributed by atoms with van der Waals surface area (Å²) < 4.78 is 24.5. The van der Waals surface area contributed by atoms with E-state index in [-0.39, 0.29) is 11.8 Å². The Morgan fingerprint density at radius 2 is 2.00 bits per heavy atom. The summed E-state index contributed by atoms with van der Waals surface area (Å²) in [5.74, 6) is 0.419. The third kappa shape index (κ3) is 2.97. The first kappa shape index (κ1) is 13.2. The van der Waals surface area contributed by atoms with Gasteiger partial charge in [-0.15, -0.1) is 0 Å². The molecule has 0 spiro atoms. The van der Waals surface area contributed by atoms with Gasteiger partial charge in [-0.1, -0.05) is 0 Å². The zero-order valence-corrected chi connectivity index (χ0v) is 12.3. The number of rotatable bonds is 3. The molecular weight excluding hydrogens is 371 g/mol. The van der Waals surface area contributed by atoms with Gasteiger partial charge >= 0.3 is 6.01 Å². The number of methoxy groups -OCH3 is 1. The highest BCUT2D eigenvalue weighted by molar-refractivity contribution is 9.10. The van der Waals surface area contributed by atoms with Crippen LogP contribution in [0.25, 0.3) is 0 Å². The average molecular weight is 378 g/mol. The second kappa shape index (κ2) is 5.62. The molecule has 0 bridgehead atoms. The van der Waals surface area contributed by atoms with E-state index < -0.39 is 0 Å². The first-order valence-electron chi connectivity index (χ1n) is 4.79. The molecule has 4 nitrogen and oxygen atoms in total. The summed E-state index contributed by atoms with van der Waals surface area (Å²) in [5, 5.41) is 0. The molecule has 1 heterocycles. The van der Waals surface area contributed by atoms with Crippen LogP contribution in [0.1, 0.15) is 0 Å². The first-order valence-corrected chi connectivity index (χ1v) is 6.38. The van der Waals surface area contributed by atoms with E-state index in [0.29, 0.717) is 20.6 Å². The van der Waals surface area contributed by atoms with Gasteiger partial charge in [0.25, 0.3) is 0 Å². The Morgan fingerprint density at radius 3 is 2.67 bits per heavy atom. The van der Waals surface area contributed by atoms with Crippen molar-refractivity contribution in [3.63, 3.8) is 0 Å². The monoisotopic (exact) mass is 376 g/mol.